The highest BCUT2D eigenvalue weighted by molar-refractivity contribution is 6.32. The summed E-state index contributed by atoms with van der Waals surface area (Å²) in [5.74, 6) is 0.725. The molecule has 0 spiro atoms. The summed E-state index contributed by atoms with van der Waals surface area (Å²) in [5, 5.41) is 17.8. The van der Waals surface area contributed by atoms with Crippen LogP contribution in [0.15, 0.2) is 48.5 Å². The van der Waals surface area contributed by atoms with E-state index in [1.54, 1.807) is 6.92 Å². The lowest BCUT2D eigenvalue weighted by molar-refractivity contribution is -0.384. The molecule has 26 heavy (non-hydrogen) atoms. The fourth-order valence-electron chi connectivity index (χ4n) is 2.43. The second-order valence-corrected chi connectivity index (χ2v) is 5.88. The van der Waals surface area contributed by atoms with Gasteiger partial charge in [-0.15, -0.1) is 0 Å². The molecule has 0 bridgehead atoms. The van der Waals surface area contributed by atoms with E-state index in [2.05, 4.69) is 15.4 Å². The molecule has 1 aromatic heterocycles. The van der Waals surface area contributed by atoms with Crippen LogP contribution in [-0.4, -0.2) is 25.6 Å². The highest BCUT2D eigenvalue weighted by Crippen LogP contribution is 2.27. The number of rotatable bonds is 5. The first-order chi connectivity index (χ1) is 12.4. The van der Waals surface area contributed by atoms with E-state index in [1.165, 1.54) is 22.9 Å². The summed E-state index contributed by atoms with van der Waals surface area (Å²) in [6.45, 7) is 1.66. The summed E-state index contributed by atoms with van der Waals surface area (Å²) < 4.78 is 1.49. The van der Waals surface area contributed by atoms with Crippen molar-refractivity contribution < 1.29 is 9.72 Å². The van der Waals surface area contributed by atoms with E-state index in [0.717, 1.165) is 5.56 Å². The van der Waals surface area contributed by atoms with Crippen LogP contribution in [0.1, 0.15) is 5.82 Å². The zero-order valence-electron chi connectivity index (χ0n) is 13.7. The summed E-state index contributed by atoms with van der Waals surface area (Å²) in [5.41, 5.74) is 0.846. The molecule has 0 saturated carbocycles. The Morgan fingerprint density at radius 1 is 1.27 bits per heavy atom. The molecule has 0 unspecified atom stereocenters. The molecule has 1 amide bonds. The first kappa shape index (κ1) is 17.6. The summed E-state index contributed by atoms with van der Waals surface area (Å²) >= 11 is 5.77. The predicted molar refractivity (Wildman–Crippen MR) is 96.9 cm³/mol. The van der Waals surface area contributed by atoms with Gasteiger partial charge in [0.1, 0.15) is 17.4 Å². The lowest BCUT2D eigenvalue weighted by Gasteiger charge is -2.08. The van der Waals surface area contributed by atoms with Gasteiger partial charge in [0.25, 0.3) is 5.69 Å². The van der Waals surface area contributed by atoms with Crippen LogP contribution >= 0.6 is 11.6 Å². The van der Waals surface area contributed by atoms with Crippen LogP contribution in [0.3, 0.4) is 0 Å². The minimum absolute atomic E-state index is 0.00580. The Bertz CT molecular complexity index is 972. The van der Waals surface area contributed by atoms with Gasteiger partial charge in [-0.1, -0.05) is 41.9 Å². The van der Waals surface area contributed by atoms with Crippen LogP contribution in [0.25, 0.3) is 11.4 Å². The Morgan fingerprint density at radius 3 is 2.69 bits per heavy atom. The molecule has 0 aliphatic carbocycles. The molecule has 0 aliphatic heterocycles. The van der Waals surface area contributed by atoms with Crippen molar-refractivity contribution in [2.45, 2.75) is 13.5 Å². The molecule has 1 N–H and O–H groups in total. The van der Waals surface area contributed by atoms with Crippen LogP contribution in [0.5, 0.6) is 0 Å². The van der Waals surface area contributed by atoms with Crippen molar-refractivity contribution >= 4 is 28.9 Å². The van der Waals surface area contributed by atoms with Crippen molar-refractivity contribution in [3.8, 4) is 11.4 Å². The maximum Gasteiger partial charge on any atom is 0.289 e. The number of aromatic nitrogens is 3. The van der Waals surface area contributed by atoms with E-state index < -0.39 is 4.92 Å². The fourth-order valence-corrected chi connectivity index (χ4v) is 2.62. The largest absolute Gasteiger partial charge is 0.324 e. The number of halogens is 1. The van der Waals surface area contributed by atoms with Gasteiger partial charge in [-0.2, -0.15) is 5.10 Å². The number of aryl methyl sites for hydroxylation is 1. The maximum absolute atomic E-state index is 12.3. The number of nitrogens with zero attached hydrogens (tertiary/aromatic N) is 4. The molecule has 3 rings (SSSR count). The Kier molecular flexibility index (Phi) is 4.94. The van der Waals surface area contributed by atoms with Crippen molar-refractivity contribution in [3.05, 3.63) is 69.5 Å². The van der Waals surface area contributed by atoms with Crippen LogP contribution < -0.4 is 5.32 Å². The molecule has 0 radical (unpaired) electrons. The van der Waals surface area contributed by atoms with Crippen molar-refractivity contribution in [1.29, 1.82) is 0 Å². The zero-order valence-corrected chi connectivity index (χ0v) is 14.5. The number of benzene rings is 2. The number of amides is 1. The molecule has 0 aliphatic rings. The SMILES string of the molecule is Cc1nc(-c2ccccc2)n(CC(=O)Nc2ccc(Cl)c([N+](=O)[O-])c2)n1. The molecular weight excluding hydrogens is 358 g/mol. The normalized spacial score (nSPS) is 10.5. The van der Waals surface area contributed by atoms with Gasteiger partial charge in [-0.05, 0) is 19.1 Å². The lowest BCUT2D eigenvalue weighted by atomic mass is 10.2. The van der Waals surface area contributed by atoms with Crippen molar-refractivity contribution in [2.75, 3.05) is 5.32 Å². The molecular formula is C17H14ClN5O3. The monoisotopic (exact) mass is 371 g/mol. The third-order valence-electron chi connectivity index (χ3n) is 3.53. The third-order valence-corrected chi connectivity index (χ3v) is 3.85. The topological polar surface area (TPSA) is 103 Å². The number of nitro benzene ring substituents is 1. The average molecular weight is 372 g/mol. The van der Waals surface area contributed by atoms with Crippen molar-refractivity contribution in [1.82, 2.24) is 14.8 Å². The Labute approximate surface area is 153 Å². The molecule has 0 atom stereocenters. The van der Waals surface area contributed by atoms with Gasteiger partial charge in [0, 0.05) is 17.3 Å². The Morgan fingerprint density at radius 2 is 2.00 bits per heavy atom. The van der Waals surface area contributed by atoms with Gasteiger partial charge in [0.2, 0.25) is 5.91 Å². The summed E-state index contributed by atoms with van der Waals surface area (Å²) in [6.07, 6.45) is 0. The number of nitro groups is 1. The van der Waals surface area contributed by atoms with Crippen molar-refractivity contribution in [2.24, 2.45) is 0 Å². The third kappa shape index (κ3) is 3.86. The Hall–Kier alpha value is -3.26. The van der Waals surface area contributed by atoms with Crippen LogP contribution in [0.4, 0.5) is 11.4 Å². The van der Waals surface area contributed by atoms with Crippen LogP contribution in [-0.2, 0) is 11.3 Å². The van der Waals surface area contributed by atoms with Crippen molar-refractivity contribution in [3.63, 3.8) is 0 Å². The van der Waals surface area contributed by atoms with Gasteiger partial charge < -0.3 is 5.32 Å². The predicted octanol–water partition coefficient (Wildman–Crippen LogP) is 3.45. The van der Waals surface area contributed by atoms with Gasteiger partial charge in [0.15, 0.2) is 5.82 Å². The first-order valence-electron chi connectivity index (χ1n) is 7.64. The minimum Gasteiger partial charge on any atom is -0.324 e. The highest BCUT2D eigenvalue weighted by atomic mass is 35.5. The molecule has 9 heteroatoms. The first-order valence-corrected chi connectivity index (χ1v) is 8.02. The highest BCUT2D eigenvalue weighted by Gasteiger charge is 2.16. The molecule has 0 fully saturated rings. The quantitative estimate of drug-likeness (QED) is 0.546. The fraction of sp³-hybridized carbons (Fsp3) is 0.118. The number of hydrogen-bond donors (Lipinski definition) is 1. The molecule has 3 aromatic rings. The molecule has 2 aromatic carbocycles. The van der Waals surface area contributed by atoms with E-state index in [-0.39, 0.29) is 28.8 Å². The molecule has 8 nitrogen and oxygen atoms in total. The number of hydrogen-bond acceptors (Lipinski definition) is 5. The van der Waals surface area contributed by atoms with E-state index in [1.807, 2.05) is 30.3 Å². The van der Waals surface area contributed by atoms with Gasteiger partial charge in [-0.3, -0.25) is 14.9 Å². The number of carbonyl (C=O) groups is 1. The standard InChI is InChI=1S/C17H14ClN5O3/c1-11-19-17(12-5-3-2-4-6-12)22(21-11)10-16(24)20-13-7-8-14(18)15(9-13)23(25)26/h2-9H,10H2,1H3,(H,20,24). The molecule has 0 saturated heterocycles. The number of nitrogens with one attached hydrogen (secondary N) is 1. The van der Waals surface area contributed by atoms with E-state index >= 15 is 0 Å². The lowest BCUT2D eigenvalue weighted by Crippen LogP contribution is -2.20. The minimum atomic E-state index is -0.605. The number of anilines is 1. The molecule has 1 heterocycles. The van der Waals surface area contributed by atoms with E-state index in [4.69, 9.17) is 11.6 Å². The summed E-state index contributed by atoms with van der Waals surface area (Å²) in [7, 11) is 0. The smallest absolute Gasteiger partial charge is 0.289 e. The van der Waals surface area contributed by atoms with Gasteiger partial charge >= 0.3 is 0 Å². The van der Waals surface area contributed by atoms with E-state index in [9.17, 15) is 14.9 Å². The Balaban J connectivity index is 1.79. The van der Waals surface area contributed by atoms with E-state index in [0.29, 0.717) is 11.6 Å². The molecule has 132 valence electrons. The average Bonchev–Trinajstić information content (AvgIpc) is 2.97. The van der Waals surface area contributed by atoms with Crippen LogP contribution in [0.2, 0.25) is 5.02 Å². The maximum atomic E-state index is 12.3. The summed E-state index contributed by atoms with van der Waals surface area (Å²) in [6, 6.07) is 13.5. The number of carbonyl (C=O) groups excluding carboxylic acids is 1. The zero-order chi connectivity index (χ0) is 18.7. The second-order valence-electron chi connectivity index (χ2n) is 5.48. The second kappa shape index (κ2) is 7.32. The summed E-state index contributed by atoms with van der Waals surface area (Å²) in [4.78, 5) is 27.0. The van der Waals surface area contributed by atoms with Gasteiger partial charge in [-0.25, -0.2) is 9.67 Å². The van der Waals surface area contributed by atoms with Crippen LogP contribution in [0, 0.1) is 17.0 Å². The van der Waals surface area contributed by atoms with Gasteiger partial charge in [0.05, 0.1) is 4.92 Å².